The molecule has 0 saturated carbocycles. The summed E-state index contributed by atoms with van der Waals surface area (Å²) in [5, 5.41) is 30.5. The van der Waals surface area contributed by atoms with Crippen molar-refractivity contribution in [1.29, 1.82) is 0 Å². The van der Waals surface area contributed by atoms with Gasteiger partial charge in [0.25, 0.3) is 0 Å². The molecule has 2 rings (SSSR count). The average molecular weight is 260 g/mol. The van der Waals surface area contributed by atoms with E-state index in [1.54, 1.807) is 6.92 Å². The van der Waals surface area contributed by atoms with E-state index in [-0.39, 0.29) is 12.5 Å². The van der Waals surface area contributed by atoms with Crippen LogP contribution in [0.2, 0.25) is 0 Å². The van der Waals surface area contributed by atoms with Crippen LogP contribution in [0.4, 0.5) is 4.79 Å². The van der Waals surface area contributed by atoms with Crippen LogP contribution in [0.1, 0.15) is 6.92 Å². The Morgan fingerprint density at radius 1 is 1.39 bits per heavy atom. The van der Waals surface area contributed by atoms with Gasteiger partial charge in [-0.1, -0.05) is 6.92 Å². The number of nitrogens with zero attached hydrogens (tertiary/aromatic N) is 1. The van der Waals surface area contributed by atoms with Crippen LogP contribution in [0.15, 0.2) is 0 Å². The Hall–Kier alpha value is -1.22. The summed E-state index contributed by atoms with van der Waals surface area (Å²) in [7, 11) is 0. The number of aliphatic hydroxyl groups excluding tert-OH is 3. The fraction of sp³-hybridized carbons (Fsp3) is 0.800. The number of carbonyl (C=O) groups excluding carboxylic acids is 2. The maximum Gasteiger partial charge on any atom is 0.326 e. The van der Waals surface area contributed by atoms with Crippen molar-refractivity contribution in [3.63, 3.8) is 0 Å². The molecule has 0 radical (unpaired) electrons. The van der Waals surface area contributed by atoms with Crippen LogP contribution in [-0.4, -0.2) is 69.8 Å². The van der Waals surface area contributed by atoms with Gasteiger partial charge in [0, 0.05) is 6.54 Å². The number of amides is 3. The smallest absolute Gasteiger partial charge is 0.326 e. The molecular weight excluding hydrogens is 244 g/mol. The largest absolute Gasteiger partial charge is 0.394 e. The molecule has 102 valence electrons. The SMILES string of the molecule is CC1CN([C@@H]2O[C@H](CO)[C@H](O)C2O)C(=O)NC1=O. The zero-order valence-electron chi connectivity index (χ0n) is 9.81. The highest BCUT2D eigenvalue weighted by molar-refractivity contribution is 5.97. The number of hydrogen-bond acceptors (Lipinski definition) is 6. The quantitative estimate of drug-likeness (QED) is 0.440. The van der Waals surface area contributed by atoms with Crippen LogP contribution in [-0.2, 0) is 9.53 Å². The lowest BCUT2D eigenvalue weighted by atomic mass is 10.1. The number of rotatable bonds is 2. The molecule has 5 atom stereocenters. The second-order valence-corrected chi connectivity index (χ2v) is 4.58. The summed E-state index contributed by atoms with van der Waals surface area (Å²) in [6, 6.07) is -0.673. The molecule has 3 amide bonds. The topological polar surface area (TPSA) is 119 Å². The summed E-state index contributed by atoms with van der Waals surface area (Å²) in [5.74, 6) is -0.813. The van der Waals surface area contributed by atoms with Crippen molar-refractivity contribution < 1.29 is 29.6 Å². The van der Waals surface area contributed by atoms with Gasteiger partial charge >= 0.3 is 6.03 Å². The summed E-state index contributed by atoms with van der Waals surface area (Å²) < 4.78 is 5.23. The Balaban J connectivity index is 2.12. The highest BCUT2D eigenvalue weighted by atomic mass is 16.6. The zero-order valence-corrected chi connectivity index (χ0v) is 9.81. The third kappa shape index (κ3) is 2.07. The van der Waals surface area contributed by atoms with E-state index in [4.69, 9.17) is 9.84 Å². The second-order valence-electron chi connectivity index (χ2n) is 4.58. The minimum atomic E-state index is -1.31. The van der Waals surface area contributed by atoms with Crippen LogP contribution >= 0.6 is 0 Å². The first-order chi connectivity index (χ1) is 8.45. The normalized spacial score (nSPS) is 41.1. The average Bonchev–Trinajstić information content (AvgIpc) is 2.61. The van der Waals surface area contributed by atoms with Crippen molar-refractivity contribution in [1.82, 2.24) is 10.2 Å². The number of imide groups is 1. The van der Waals surface area contributed by atoms with Gasteiger partial charge in [-0.2, -0.15) is 0 Å². The van der Waals surface area contributed by atoms with Crippen LogP contribution < -0.4 is 5.32 Å². The lowest BCUT2D eigenvalue weighted by Crippen LogP contribution is -2.59. The number of aliphatic hydroxyl groups is 3. The third-order valence-electron chi connectivity index (χ3n) is 3.23. The summed E-state index contributed by atoms with van der Waals surface area (Å²) in [5.41, 5.74) is 0. The zero-order chi connectivity index (χ0) is 13.4. The molecule has 2 unspecified atom stereocenters. The maximum absolute atomic E-state index is 11.6. The van der Waals surface area contributed by atoms with Crippen molar-refractivity contribution in [2.24, 2.45) is 5.92 Å². The Kier molecular flexibility index (Phi) is 3.53. The molecule has 18 heavy (non-hydrogen) atoms. The molecule has 0 aliphatic carbocycles. The number of carbonyl (C=O) groups is 2. The maximum atomic E-state index is 11.6. The van der Waals surface area contributed by atoms with Crippen LogP contribution in [0.25, 0.3) is 0 Å². The van der Waals surface area contributed by atoms with Gasteiger partial charge < -0.3 is 20.1 Å². The third-order valence-corrected chi connectivity index (χ3v) is 3.23. The molecule has 4 N–H and O–H groups in total. The highest BCUT2D eigenvalue weighted by Crippen LogP contribution is 2.25. The van der Waals surface area contributed by atoms with Gasteiger partial charge in [-0.3, -0.25) is 15.0 Å². The molecule has 0 aromatic carbocycles. The fourth-order valence-electron chi connectivity index (χ4n) is 2.12. The summed E-state index contributed by atoms with van der Waals surface area (Å²) in [6.07, 6.45) is -4.58. The van der Waals surface area contributed by atoms with Crippen molar-refractivity contribution in [2.45, 2.75) is 31.5 Å². The molecule has 0 aromatic heterocycles. The van der Waals surface area contributed by atoms with Gasteiger partial charge in [-0.05, 0) is 0 Å². The molecule has 0 spiro atoms. The molecule has 2 fully saturated rings. The predicted molar refractivity (Wildman–Crippen MR) is 57.2 cm³/mol. The first-order valence-electron chi connectivity index (χ1n) is 5.69. The predicted octanol–water partition coefficient (Wildman–Crippen LogP) is -2.39. The number of nitrogens with one attached hydrogen (secondary N) is 1. The number of hydrogen-bond donors (Lipinski definition) is 4. The molecule has 0 bridgehead atoms. The molecule has 8 nitrogen and oxygen atoms in total. The van der Waals surface area contributed by atoms with Crippen LogP contribution in [0, 0.1) is 5.92 Å². The van der Waals surface area contributed by atoms with Gasteiger partial charge in [0.1, 0.15) is 18.3 Å². The van der Waals surface area contributed by atoms with Crippen molar-refractivity contribution >= 4 is 11.9 Å². The van der Waals surface area contributed by atoms with Gasteiger partial charge in [0.2, 0.25) is 5.91 Å². The Labute approximate surface area is 103 Å². The molecule has 2 aliphatic heterocycles. The monoisotopic (exact) mass is 260 g/mol. The summed E-state index contributed by atoms with van der Waals surface area (Å²) in [4.78, 5) is 24.1. The summed E-state index contributed by atoms with van der Waals surface area (Å²) in [6.45, 7) is 1.27. The Bertz CT molecular complexity index is 362. The fourth-order valence-corrected chi connectivity index (χ4v) is 2.12. The molecule has 8 heteroatoms. The van der Waals surface area contributed by atoms with Gasteiger partial charge in [-0.25, -0.2) is 4.79 Å². The van der Waals surface area contributed by atoms with Gasteiger partial charge in [0.15, 0.2) is 6.23 Å². The number of urea groups is 1. The van der Waals surface area contributed by atoms with Crippen molar-refractivity contribution in [3.05, 3.63) is 0 Å². The Morgan fingerprint density at radius 2 is 2.06 bits per heavy atom. The molecular formula is C10H16N2O6. The van der Waals surface area contributed by atoms with Crippen LogP contribution in [0.3, 0.4) is 0 Å². The van der Waals surface area contributed by atoms with E-state index in [1.807, 2.05) is 0 Å². The lowest BCUT2D eigenvalue weighted by molar-refractivity contribution is -0.130. The first kappa shape index (κ1) is 13.2. The van der Waals surface area contributed by atoms with Gasteiger partial charge in [0.05, 0.1) is 12.5 Å². The van der Waals surface area contributed by atoms with E-state index in [0.29, 0.717) is 0 Å². The van der Waals surface area contributed by atoms with E-state index >= 15 is 0 Å². The lowest BCUT2D eigenvalue weighted by Gasteiger charge is -2.35. The standard InChI is InChI=1S/C10H16N2O6/c1-4-2-12(10(17)11-8(4)16)9-7(15)6(14)5(3-13)18-9/h4-7,9,13-15H,2-3H2,1H3,(H,11,16,17)/t4?,5-,6+,7?,9-/m1/s1. The molecule has 2 heterocycles. The summed E-state index contributed by atoms with van der Waals surface area (Å²) >= 11 is 0. The highest BCUT2D eigenvalue weighted by Gasteiger charge is 2.48. The minimum Gasteiger partial charge on any atom is -0.394 e. The minimum absolute atomic E-state index is 0.0945. The number of ether oxygens (including phenoxy) is 1. The first-order valence-corrected chi connectivity index (χ1v) is 5.69. The molecule has 2 saturated heterocycles. The van der Waals surface area contributed by atoms with Crippen LogP contribution in [0.5, 0.6) is 0 Å². The molecule has 2 aliphatic rings. The molecule has 0 aromatic rings. The van der Waals surface area contributed by atoms with Crippen molar-refractivity contribution in [2.75, 3.05) is 13.2 Å². The Morgan fingerprint density at radius 3 is 2.61 bits per heavy atom. The van der Waals surface area contributed by atoms with E-state index in [2.05, 4.69) is 5.32 Å². The second kappa shape index (κ2) is 4.81. The van der Waals surface area contributed by atoms with E-state index in [0.717, 1.165) is 4.90 Å². The van der Waals surface area contributed by atoms with E-state index in [9.17, 15) is 19.8 Å². The van der Waals surface area contributed by atoms with Crippen molar-refractivity contribution in [3.8, 4) is 0 Å². The van der Waals surface area contributed by atoms with Gasteiger partial charge in [-0.15, -0.1) is 0 Å². The van der Waals surface area contributed by atoms with E-state index in [1.165, 1.54) is 0 Å². The van der Waals surface area contributed by atoms with E-state index < -0.39 is 43.1 Å².